The number of hydrazine groups is 1. The van der Waals surface area contributed by atoms with Gasteiger partial charge in [-0.15, -0.1) is 4.98 Å². The summed E-state index contributed by atoms with van der Waals surface area (Å²) in [7, 11) is 0. The minimum absolute atomic E-state index is 0.159. The third-order valence-corrected chi connectivity index (χ3v) is 2.97. The number of nitrogens with two attached hydrogens (primary N) is 1. The van der Waals surface area contributed by atoms with Gasteiger partial charge in [0.1, 0.15) is 6.61 Å². The first-order valence-electron chi connectivity index (χ1n) is 6.44. The predicted octanol–water partition coefficient (Wildman–Crippen LogP) is 2.29. The minimum atomic E-state index is 0.159. The first-order valence-corrected chi connectivity index (χ1v) is 7.23. The summed E-state index contributed by atoms with van der Waals surface area (Å²) in [4.78, 5) is 12.1. The van der Waals surface area contributed by atoms with E-state index in [0.29, 0.717) is 13.2 Å². The van der Waals surface area contributed by atoms with Crippen LogP contribution >= 0.6 is 15.9 Å². The Morgan fingerprint density at radius 1 is 1.10 bits per heavy atom. The van der Waals surface area contributed by atoms with Crippen LogP contribution in [0.3, 0.4) is 0 Å². The zero-order chi connectivity index (χ0) is 15.1. The van der Waals surface area contributed by atoms with Gasteiger partial charge < -0.3 is 9.47 Å². The van der Waals surface area contributed by atoms with Gasteiger partial charge in [-0.3, -0.25) is 5.43 Å². The number of aromatic nitrogens is 3. The number of halogens is 1. The highest BCUT2D eigenvalue weighted by molar-refractivity contribution is 9.10. The molecule has 0 bridgehead atoms. The molecule has 0 saturated carbocycles. The standard InChI is InChI=1S/C13H16BrN5O2/c1-2-7-20-12-16-11(19-15)17-13(18-12)21-8-9-3-5-10(14)6-4-9/h3-6H,2,7-8,15H2,1H3,(H,16,17,18,19). The molecule has 8 heteroatoms. The Morgan fingerprint density at radius 3 is 2.38 bits per heavy atom. The maximum atomic E-state index is 5.54. The maximum absolute atomic E-state index is 5.54. The van der Waals surface area contributed by atoms with Gasteiger partial charge in [-0.2, -0.15) is 9.97 Å². The van der Waals surface area contributed by atoms with Crippen molar-refractivity contribution in [3.63, 3.8) is 0 Å². The zero-order valence-electron chi connectivity index (χ0n) is 11.5. The van der Waals surface area contributed by atoms with Gasteiger partial charge in [0.15, 0.2) is 0 Å². The molecule has 2 aromatic rings. The van der Waals surface area contributed by atoms with Crippen LogP contribution in [0.15, 0.2) is 28.7 Å². The number of nitrogens with zero attached hydrogens (tertiary/aromatic N) is 3. The average Bonchev–Trinajstić information content (AvgIpc) is 2.52. The molecular weight excluding hydrogens is 338 g/mol. The third-order valence-electron chi connectivity index (χ3n) is 2.44. The highest BCUT2D eigenvalue weighted by Gasteiger charge is 2.08. The topological polar surface area (TPSA) is 95.2 Å². The van der Waals surface area contributed by atoms with Crippen LogP contribution in [0, 0.1) is 0 Å². The Balaban J connectivity index is 2.05. The van der Waals surface area contributed by atoms with Crippen LogP contribution in [0.4, 0.5) is 5.95 Å². The molecule has 0 saturated heterocycles. The molecule has 0 aliphatic heterocycles. The van der Waals surface area contributed by atoms with E-state index in [4.69, 9.17) is 15.3 Å². The first kappa shape index (κ1) is 15.5. The van der Waals surface area contributed by atoms with Gasteiger partial charge in [-0.05, 0) is 24.1 Å². The van der Waals surface area contributed by atoms with Gasteiger partial charge in [0, 0.05) is 4.47 Å². The second kappa shape index (κ2) is 7.75. The fourth-order valence-electron chi connectivity index (χ4n) is 1.45. The van der Waals surface area contributed by atoms with Crippen LogP contribution in [0.25, 0.3) is 0 Å². The fourth-order valence-corrected chi connectivity index (χ4v) is 1.72. The van der Waals surface area contributed by atoms with E-state index in [1.165, 1.54) is 0 Å². The van der Waals surface area contributed by atoms with Crippen molar-refractivity contribution < 1.29 is 9.47 Å². The van der Waals surface area contributed by atoms with Gasteiger partial charge in [-0.25, -0.2) is 5.84 Å². The van der Waals surface area contributed by atoms with Crippen molar-refractivity contribution in [2.24, 2.45) is 5.84 Å². The molecule has 0 amide bonds. The van der Waals surface area contributed by atoms with Crippen LogP contribution in [-0.2, 0) is 6.61 Å². The number of nitrogens with one attached hydrogen (secondary N) is 1. The molecule has 0 aliphatic carbocycles. The van der Waals surface area contributed by atoms with Crippen LogP contribution in [0.2, 0.25) is 0 Å². The Bertz CT molecular complexity index is 579. The number of rotatable bonds is 7. The minimum Gasteiger partial charge on any atom is -0.463 e. The Labute approximate surface area is 131 Å². The van der Waals surface area contributed by atoms with E-state index in [-0.39, 0.29) is 18.0 Å². The molecule has 0 unspecified atom stereocenters. The van der Waals surface area contributed by atoms with Gasteiger partial charge in [-0.1, -0.05) is 35.0 Å². The molecule has 1 aromatic heterocycles. The molecule has 0 fully saturated rings. The summed E-state index contributed by atoms with van der Waals surface area (Å²) < 4.78 is 11.9. The number of hydrogen-bond donors (Lipinski definition) is 2. The van der Waals surface area contributed by atoms with E-state index in [9.17, 15) is 0 Å². The Morgan fingerprint density at radius 2 is 1.76 bits per heavy atom. The number of ether oxygens (including phenoxy) is 2. The third kappa shape index (κ3) is 4.83. The van der Waals surface area contributed by atoms with Crippen LogP contribution in [0.5, 0.6) is 12.0 Å². The highest BCUT2D eigenvalue weighted by atomic mass is 79.9. The summed E-state index contributed by atoms with van der Waals surface area (Å²) in [5.74, 6) is 5.52. The van der Waals surface area contributed by atoms with E-state index in [2.05, 4.69) is 36.3 Å². The van der Waals surface area contributed by atoms with Gasteiger partial charge in [0.25, 0.3) is 0 Å². The second-order valence-corrected chi connectivity index (χ2v) is 5.05. The predicted molar refractivity (Wildman–Crippen MR) is 81.9 cm³/mol. The molecule has 2 rings (SSSR count). The lowest BCUT2D eigenvalue weighted by Gasteiger charge is -2.08. The normalized spacial score (nSPS) is 10.2. The molecule has 1 heterocycles. The van der Waals surface area contributed by atoms with Crippen molar-refractivity contribution >= 4 is 21.9 Å². The van der Waals surface area contributed by atoms with Crippen LogP contribution in [-0.4, -0.2) is 21.6 Å². The van der Waals surface area contributed by atoms with Crippen molar-refractivity contribution in [2.45, 2.75) is 20.0 Å². The molecule has 0 aliphatic rings. The van der Waals surface area contributed by atoms with E-state index >= 15 is 0 Å². The van der Waals surface area contributed by atoms with Crippen molar-refractivity contribution in [3.8, 4) is 12.0 Å². The summed E-state index contributed by atoms with van der Waals surface area (Å²) in [5, 5.41) is 0. The number of nitrogen functional groups attached to an aromatic ring is 1. The van der Waals surface area contributed by atoms with E-state index in [1.807, 2.05) is 31.2 Å². The van der Waals surface area contributed by atoms with Crippen molar-refractivity contribution in [3.05, 3.63) is 34.3 Å². The largest absolute Gasteiger partial charge is 0.463 e. The van der Waals surface area contributed by atoms with E-state index < -0.39 is 0 Å². The molecule has 7 nitrogen and oxygen atoms in total. The molecule has 112 valence electrons. The zero-order valence-corrected chi connectivity index (χ0v) is 13.1. The Kier molecular flexibility index (Phi) is 5.70. The SMILES string of the molecule is CCCOc1nc(NN)nc(OCc2ccc(Br)cc2)n1. The quantitative estimate of drug-likeness (QED) is 0.582. The summed E-state index contributed by atoms with van der Waals surface area (Å²) in [6.45, 7) is 2.85. The lowest BCUT2D eigenvalue weighted by molar-refractivity contribution is 0.256. The number of hydrogen-bond acceptors (Lipinski definition) is 7. The monoisotopic (exact) mass is 353 g/mol. The lowest BCUT2D eigenvalue weighted by Crippen LogP contribution is -2.13. The summed E-state index contributed by atoms with van der Waals surface area (Å²) in [6.07, 6.45) is 0.853. The van der Waals surface area contributed by atoms with Gasteiger partial charge in [0.2, 0.25) is 5.95 Å². The van der Waals surface area contributed by atoms with Crippen molar-refractivity contribution in [1.29, 1.82) is 0 Å². The average molecular weight is 354 g/mol. The van der Waals surface area contributed by atoms with Gasteiger partial charge in [0.05, 0.1) is 6.61 Å². The number of anilines is 1. The van der Waals surface area contributed by atoms with Crippen LogP contribution < -0.4 is 20.7 Å². The molecule has 21 heavy (non-hydrogen) atoms. The molecule has 0 radical (unpaired) electrons. The molecule has 0 spiro atoms. The number of benzene rings is 1. The van der Waals surface area contributed by atoms with Gasteiger partial charge >= 0.3 is 12.0 Å². The highest BCUT2D eigenvalue weighted by Crippen LogP contribution is 2.15. The molecular formula is C13H16BrN5O2. The first-order chi connectivity index (χ1) is 10.2. The second-order valence-electron chi connectivity index (χ2n) is 4.13. The Hall–Kier alpha value is -1.93. The molecule has 3 N–H and O–H groups in total. The van der Waals surface area contributed by atoms with Crippen molar-refractivity contribution in [1.82, 2.24) is 15.0 Å². The molecule has 0 atom stereocenters. The van der Waals surface area contributed by atoms with Crippen LogP contribution in [0.1, 0.15) is 18.9 Å². The van der Waals surface area contributed by atoms with Crippen molar-refractivity contribution in [2.75, 3.05) is 12.0 Å². The smallest absolute Gasteiger partial charge is 0.324 e. The maximum Gasteiger partial charge on any atom is 0.324 e. The summed E-state index contributed by atoms with van der Waals surface area (Å²) >= 11 is 3.38. The lowest BCUT2D eigenvalue weighted by atomic mass is 10.2. The fraction of sp³-hybridized carbons (Fsp3) is 0.308. The summed E-state index contributed by atoms with van der Waals surface area (Å²) in [6, 6.07) is 8.12. The van der Waals surface area contributed by atoms with E-state index in [0.717, 1.165) is 16.5 Å². The molecule has 1 aromatic carbocycles. The van der Waals surface area contributed by atoms with E-state index in [1.54, 1.807) is 0 Å². The summed E-state index contributed by atoms with van der Waals surface area (Å²) in [5.41, 5.74) is 3.36.